The van der Waals surface area contributed by atoms with E-state index in [1.807, 2.05) is 30.3 Å². The molecule has 21 heavy (non-hydrogen) atoms. The molecule has 0 spiro atoms. The quantitative estimate of drug-likeness (QED) is 0.335. The fourth-order valence-corrected chi connectivity index (χ4v) is 1.93. The van der Waals surface area contributed by atoms with E-state index >= 15 is 0 Å². The number of nitrogens with one attached hydrogen (secondary N) is 1. The fraction of sp³-hybridized carbons (Fsp3) is 0.125. The van der Waals surface area contributed by atoms with Crippen LogP contribution in [-0.4, -0.2) is 23.9 Å². The first-order valence-electron chi connectivity index (χ1n) is 6.25. The second-order valence-electron chi connectivity index (χ2n) is 4.11. The van der Waals surface area contributed by atoms with E-state index in [1.54, 1.807) is 12.2 Å². The van der Waals surface area contributed by atoms with Crippen LogP contribution in [-0.2, 0) is 4.79 Å². The molecule has 0 aromatic heterocycles. The van der Waals surface area contributed by atoms with Gasteiger partial charge in [-0.05, 0) is 46.9 Å². The van der Waals surface area contributed by atoms with Crippen molar-refractivity contribution in [2.75, 3.05) is 18.4 Å². The largest absolute Gasteiger partial charge is 0.360 e. The molecule has 0 radical (unpaired) electrons. The summed E-state index contributed by atoms with van der Waals surface area (Å²) < 4.78 is 1.11. The Bertz CT molecular complexity index is 575. The lowest BCUT2D eigenvalue weighted by Gasteiger charge is -2.18. The summed E-state index contributed by atoms with van der Waals surface area (Å²) in [6.07, 6.45) is 4.65. The number of halogens is 1. The summed E-state index contributed by atoms with van der Waals surface area (Å²) in [4.78, 5) is 13.7. The number of hydrogen-bond acceptors (Lipinski definition) is 3. The Morgan fingerprint density at radius 3 is 2.33 bits per heavy atom. The molecule has 0 heterocycles. The molecule has 0 aliphatic heterocycles. The summed E-state index contributed by atoms with van der Waals surface area (Å²) in [6.45, 7) is 7.95. The van der Waals surface area contributed by atoms with E-state index in [9.17, 15) is 4.79 Å². The van der Waals surface area contributed by atoms with Gasteiger partial charge in [0.05, 0.1) is 0 Å². The molecule has 0 aliphatic rings. The molecular weight excluding hydrogens is 377 g/mol. The van der Waals surface area contributed by atoms with Gasteiger partial charge in [-0.25, -0.2) is 0 Å². The van der Waals surface area contributed by atoms with Crippen molar-refractivity contribution in [2.24, 2.45) is 0 Å². The van der Waals surface area contributed by atoms with Gasteiger partial charge in [-0.2, -0.15) is 5.26 Å². The number of carbonyl (C=O) groups excluding carboxylic acids is 1. The molecule has 0 saturated heterocycles. The molecule has 0 atom stereocenters. The Morgan fingerprint density at radius 1 is 1.29 bits per heavy atom. The van der Waals surface area contributed by atoms with Gasteiger partial charge in [0.2, 0.25) is 0 Å². The standard InChI is InChI=1S/C16H16IN3O/c1-3-9-20(10-4-2)16(21)13(11-18)12-19-15-7-5-14(17)6-8-15/h3-8,12,19H,1-2,9-10H2/b13-12-. The van der Waals surface area contributed by atoms with E-state index in [4.69, 9.17) is 5.26 Å². The first-order chi connectivity index (χ1) is 10.1. The number of hydrogen-bond donors (Lipinski definition) is 1. The van der Waals surface area contributed by atoms with Gasteiger partial charge in [0.1, 0.15) is 11.6 Å². The van der Waals surface area contributed by atoms with Gasteiger partial charge in [0.25, 0.3) is 5.91 Å². The van der Waals surface area contributed by atoms with Crippen molar-refractivity contribution in [1.82, 2.24) is 4.90 Å². The Labute approximate surface area is 138 Å². The highest BCUT2D eigenvalue weighted by molar-refractivity contribution is 14.1. The monoisotopic (exact) mass is 393 g/mol. The normalized spacial score (nSPS) is 10.4. The van der Waals surface area contributed by atoms with Crippen LogP contribution in [0.1, 0.15) is 0 Å². The van der Waals surface area contributed by atoms with Gasteiger partial charge >= 0.3 is 0 Å². The fourth-order valence-electron chi connectivity index (χ4n) is 1.57. The zero-order chi connectivity index (χ0) is 15.7. The molecule has 0 unspecified atom stereocenters. The highest BCUT2D eigenvalue weighted by Crippen LogP contribution is 2.12. The SMILES string of the molecule is C=CCN(CC=C)C(=O)/C(C#N)=C\Nc1ccc(I)cc1. The third-order valence-electron chi connectivity index (χ3n) is 2.56. The molecular formula is C16H16IN3O. The highest BCUT2D eigenvalue weighted by Gasteiger charge is 2.15. The molecule has 1 aromatic rings. The number of rotatable bonds is 7. The second-order valence-corrected chi connectivity index (χ2v) is 5.35. The maximum Gasteiger partial charge on any atom is 0.266 e. The van der Waals surface area contributed by atoms with E-state index in [0.29, 0.717) is 13.1 Å². The molecule has 1 amide bonds. The third-order valence-corrected chi connectivity index (χ3v) is 3.28. The summed E-state index contributed by atoms with van der Waals surface area (Å²) in [5.74, 6) is -0.352. The van der Waals surface area contributed by atoms with Crippen molar-refractivity contribution in [1.29, 1.82) is 5.26 Å². The minimum atomic E-state index is -0.352. The zero-order valence-corrected chi connectivity index (χ0v) is 13.7. The predicted octanol–water partition coefficient (Wildman–Crippen LogP) is 3.31. The Kier molecular flexibility index (Phi) is 7.26. The van der Waals surface area contributed by atoms with Crippen LogP contribution in [0, 0.1) is 14.9 Å². The van der Waals surface area contributed by atoms with Crippen LogP contribution >= 0.6 is 22.6 Å². The molecule has 1 rings (SSSR count). The number of anilines is 1. The van der Waals surface area contributed by atoms with Gasteiger partial charge in [-0.1, -0.05) is 12.2 Å². The molecule has 108 valence electrons. The van der Waals surface area contributed by atoms with Gasteiger partial charge in [-0.15, -0.1) is 13.2 Å². The van der Waals surface area contributed by atoms with Crippen LogP contribution in [0.15, 0.2) is 61.3 Å². The lowest BCUT2D eigenvalue weighted by atomic mass is 10.2. The van der Waals surface area contributed by atoms with Crippen LogP contribution in [0.3, 0.4) is 0 Å². The Hall–Kier alpha value is -2.07. The summed E-state index contributed by atoms with van der Waals surface area (Å²) in [5.41, 5.74) is 0.854. The van der Waals surface area contributed by atoms with Crippen molar-refractivity contribution < 1.29 is 4.79 Å². The molecule has 0 saturated carbocycles. The van der Waals surface area contributed by atoms with Crippen molar-refractivity contribution in [3.63, 3.8) is 0 Å². The first-order valence-corrected chi connectivity index (χ1v) is 7.33. The van der Waals surface area contributed by atoms with Crippen LogP contribution in [0.4, 0.5) is 5.69 Å². The lowest BCUT2D eigenvalue weighted by Crippen LogP contribution is -2.32. The second kappa shape index (κ2) is 8.97. The smallest absolute Gasteiger partial charge is 0.266 e. The van der Waals surface area contributed by atoms with Crippen molar-refractivity contribution in [3.8, 4) is 6.07 Å². The van der Waals surface area contributed by atoms with E-state index in [2.05, 4.69) is 41.1 Å². The number of nitriles is 1. The number of amides is 1. The van der Waals surface area contributed by atoms with Crippen molar-refractivity contribution in [3.05, 3.63) is 64.9 Å². The summed E-state index contributed by atoms with van der Waals surface area (Å²) in [5, 5.41) is 12.1. The number of carbonyl (C=O) groups is 1. The third kappa shape index (κ3) is 5.44. The van der Waals surface area contributed by atoms with E-state index in [1.165, 1.54) is 11.1 Å². The van der Waals surface area contributed by atoms with Gasteiger partial charge < -0.3 is 10.2 Å². The molecule has 1 N–H and O–H groups in total. The van der Waals surface area contributed by atoms with E-state index < -0.39 is 0 Å². The lowest BCUT2D eigenvalue weighted by molar-refractivity contribution is -0.125. The van der Waals surface area contributed by atoms with Gasteiger partial charge in [0.15, 0.2) is 0 Å². The average molecular weight is 393 g/mol. The molecule has 5 heteroatoms. The molecule has 0 fully saturated rings. The minimum absolute atomic E-state index is 0.0391. The Morgan fingerprint density at radius 2 is 1.86 bits per heavy atom. The topological polar surface area (TPSA) is 56.1 Å². The van der Waals surface area contributed by atoms with E-state index in [-0.39, 0.29) is 11.5 Å². The van der Waals surface area contributed by atoms with Gasteiger partial charge in [0, 0.05) is 28.5 Å². The first kappa shape index (κ1) is 17.0. The predicted molar refractivity (Wildman–Crippen MR) is 93.5 cm³/mol. The molecule has 1 aromatic carbocycles. The van der Waals surface area contributed by atoms with Crippen LogP contribution in [0.25, 0.3) is 0 Å². The molecule has 0 bridgehead atoms. The Balaban J connectivity index is 2.84. The van der Waals surface area contributed by atoms with Crippen molar-refractivity contribution >= 4 is 34.2 Å². The summed E-state index contributed by atoms with van der Waals surface area (Å²) in [6, 6.07) is 9.55. The minimum Gasteiger partial charge on any atom is -0.360 e. The average Bonchev–Trinajstić information content (AvgIpc) is 2.49. The maximum atomic E-state index is 12.2. The number of benzene rings is 1. The summed E-state index contributed by atoms with van der Waals surface area (Å²) in [7, 11) is 0. The van der Waals surface area contributed by atoms with Crippen LogP contribution < -0.4 is 5.32 Å². The van der Waals surface area contributed by atoms with Crippen molar-refractivity contribution in [2.45, 2.75) is 0 Å². The zero-order valence-electron chi connectivity index (χ0n) is 11.6. The van der Waals surface area contributed by atoms with E-state index in [0.717, 1.165) is 9.26 Å². The molecule has 4 nitrogen and oxygen atoms in total. The van der Waals surface area contributed by atoms with Crippen LogP contribution in [0.2, 0.25) is 0 Å². The highest BCUT2D eigenvalue weighted by atomic mass is 127. The maximum absolute atomic E-state index is 12.2. The van der Waals surface area contributed by atoms with Crippen LogP contribution in [0.5, 0.6) is 0 Å². The molecule has 0 aliphatic carbocycles. The summed E-state index contributed by atoms with van der Waals surface area (Å²) >= 11 is 2.21. The number of nitrogens with zero attached hydrogens (tertiary/aromatic N) is 2. The van der Waals surface area contributed by atoms with Gasteiger partial charge in [-0.3, -0.25) is 4.79 Å².